The van der Waals surface area contributed by atoms with Gasteiger partial charge >= 0.3 is 0 Å². The highest BCUT2D eigenvalue weighted by atomic mass is 16.5. The van der Waals surface area contributed by atoms with Gasteiger partial charge in [-0.25, -0.2) is 0 Å². The van der Waals surface area contributed by atoms with Gasteiger partial charge in [0.1, 0.15) is 6.61 Å². The Hall–Kier alpha value is -2.25. The molecular weight excluding hydrogens is 320 g/mol. The molecule has 0 radical (unpaired) electrons. The van der Waals surface area contributed by atoms with Crippen LogP contribution in [0, 0.1) is 0 Å². The molecule has 0 bridgehead atoms. The van der Waals surface area contributed by atoms with E-state index in [0.29, 0.717) is 18.8 Å². The van der Waals surface area contributed by atoms with Crippen LogP contribution < -0.4 is 5.32 Å². The highest BCUT2D eigenvalue weighted by Crippen LogP contribution is 2.19. The standard InChI is InChI=1S/C18H24N4O3/c23-13-17-20-16(21-25-17)9-10-19-18(24)15-8-4-5-11-22(15)12-14-6-2-1-3-7-14/h1-3,6-7,15,23H,4-5,8-13H2,(H,19,24). The lowest BCUT2D eigenvalue weighted by Crippen LogP contribution is -2.49. The minimum atomic E-state index is -0.268. The molecule has 0 spiro atoms. The normalized spacial score (nSPS) is 18.2. The number of hydrogen-bond acceptors (Lipinski definition) is 6. The molecule has 2 N–H and O–H groups in total. The number of aliphatic hydroxyl groups is 1. The van der Waals surface area contributed by atoms with Crippen LogP contribution in [0.3, 0.4) is 0 Å². The molecule has 7 heteroatoms. The Morgan fingerprint density at radius 3 is 2.92 bits per heavy atom. The Morgan fingerprint density at radius 1 is 1.32 bits per heavy atom. The van der Waals surface area contributed by atoms with E-state index in [1.54, 1.807) is 0 Å². The van der Waals surface area contributed by atoms with Gasteiger partial charge in [0, 0.05) is 19.5 Å². The number of benzene rings is 1. The number of nitrogens with zero attached hydrogens (tertiary/aromatic N) is 3. The summed E-state index contributed by atoms with van der Waals surface area (Å²) in [6.07, 6.45) is 3.58. The number of aromatic nitrogens is 2. The van der Waals surface area contributed by atoms with Crippen molar-refractivity contribution in [3.8, 4) is 0 Å². The third-order valence-corrected chi connectivity index (χ3v) is 4.44. The van der Waals surface area contributed by atoms with E-state index in [2.05, 4.69) is 32.5 Å². The Bertz CT molecular complexity index is 674. The number of nitrogens with one attached hydrogen (secondary N) is 1. The van der Waals surface area contributed by atoms with Gasteiger partial charge in [-0.15, -0.1) is 0 Å². The molecule has 3 rings (SSSR count). The number of rotatable bonds is 7. The van der Waals surface area contributed by atoms with E-state index >= 15 is 0 Å². The van der Waals surface area contributed by atoms with Crippen LogP contribution in [0.4, 0.5) is 0 Å². The van der Waals surface area contributed by atoms with Crippen molar-refractivity contribution in [3.63, 3.8) is 0 Å². The molecule has 1 aromatic heterocycles. The lowest BCUT2D eigenvalue weighted by atomic mass is 10.0. The fourth-order valence-electron chi connectivity index (χ4n) is 3.17. The molecule has 7 nitrogen and oxygen atoms in total. The van der Waals surface area contributed by atoms with Gasteiger partial charge in [0.25, 0.3) is 5.89 Å². The van der Waals surface area contributed by atoms with Gasteiger partial charge in [-0.1, -0.05) is 41.9 Å². The van der Waals surface area contributed by atoms with Crippen molar-refractivity contribution in [1.82, 2.24) is 20.4 Å². The first-order chi connectivity index (χ1) is 12.3. The second kappa shape index (κ2) is 8.73. The molecule has 134 valence electrons. The van der Waals surface area contributed by atoms with Crippen molar-refractivity contribution in [1.29, 1.82) is 0 Å². The summed E-state index contributed by atoms with van der Waals surface area (Å²) in [6.45, 7) is 1.93. The van der Waals surface area contributed by atoms with E-state index in [9.17, 15) is 4.79 Å². The summed E-state index contributed by atoms with van der Waals surface area (Å²) < 4.78 is 4.84. The van der Waals surface area contributed by atoms with Gasteiger partial charge in [-0.05, 0) is 24.9 Å². The molecule has 1 fully saturated rings. The minimum absolute atomic E-state index is 0.0570. The average Bonchev–Trinajstić information content (AvgIpc) is 3.11. The largest absolute Gasteiger partial charge is 0.387 e. The second-order valence-corrected chi connectivity index (χ2v) is 6.27. The molecule has 1 aliphatic heterocycles. The summed E-state index contributed by atoms with van der Waals surface area (Å²) in [7, 11) is 0. The first kappa shape index (κ1) is 17.6. The number of amides is 1. The maximum absolute atomic E-state index is 12.6. The molecule has 2 aromatic rings. The van der Waals surface area contributed by atoms with Crippen LogP contribution in [0.1, 0.15) is 36.5 Å². The fourth-order valence-corrected chi connectivity index (χ4v) is 3.17. The fraction of sp³-hybridized carbons (Fsp3) is 0.500. The number of carbonyl (C=O) groups is 1. The van der Waals surface area contributed by atoms with E-state index in [-0.39, 0.29) is 24.4 Å². The zero-order chi connectivity index (χ0) is 17.5. The lowest BCUT2D eigenvalue weighted by molar-refractivity contribution is -0.127. The van der Waals surface area contributed by atoms with E-state index in [1.165, 1.54) is 5.56 Å². The lowest BCUT2D eigenvalue weighted by Gasteiger charge is -2.34. The molecular formula is C18H24N4O3. The van der Waals surface area contributed by atoms with Gasteiger partial charge < -0.3 is 14.9 Å². The van der Waals surface area contributed by atoms with Crippen molar-refractivity contribution in [2.75, 3.05) is 13.1 Å². The topological polar surface area (TPSA) is 91.5 Å². The first-order valence-electron chi connectivity index (χ1n) is 8.74. The Kier molecular flexibility index (Phi) is 6.14. The highest BCUT2D eigenvalue weighted by Gasteiger charge is 2.28. The molecule has 1 saturated heterocycles. The van der Waals surface area contributed by atoms with Gasteiger partial charge in [-0.2, -0.15) is 4.98 Å². The van der Waals surface area contributed by atoms with Gasteiger partial charge in [0.05, 0.1) is 6.04 Å². The van der Waals surface area contributed by atoms with E-state index in [0.717, 1.165) is 32.4 Å². The molecule has 1 unspecified atom stereocenters. The van der Waals surface area contributed by atoms with Gasteiger partial charge in [0.15, 0.2) is 5.82 Å². The van der Waals surface area contributed by atoms with Crippen LogP contribution in [0.15, 0.2) is 34.9 Å². The zero-order valence-electron chi connectivity index (χ0n) is 14.2. The maximum Gasteiger partial charge on any atom is 0.252 e. The molecule has 25 heavy (non-hydrogen) atoms. The smallest absolute Gasteiger partial charge is 0.252 e. The predicted octanol–water partition coefficient (Wildman–Crippen LogP) is 1.28. The number of likely N-dealkylation sites (tertiary alicyclic amines) is 1. The summed E-state index contributed by atoms with van der Waals surface area (Å²) >= 11 is 0. The van der Waals surface area contributed by atoms with Crippen LogP contribution >= 0.6 is 0 Å². The van der Waals surface area contributed by atoms with Crippen LogP contribution in [0.5, 0.6) is 0 Å². The molecule has 1 aromatic carbocycles. The van der Waals surface area contributed by atoms with Crippen molar-refractivity contribution >= 4 is 5.91 Å². The minimum Gasteiger partial charge on any atom is -0.387 e. The van der Waals surface area contributed by atoms with Crippen LogP contribution in [0.2, 0.25) is 0 Å². The molecule has 1 aliphatic rings. The zero-order valence-corrected chi connectivity index (χ0v) is 14.2. The van der Waals surface area contributed by atoms with Crippen molar-refractivity contribution in [2.45, 2.75) is 44.9 Å². The molecule has 0 aliphatic carbocycles. The maximum atomic E-state index is 12.6. The summed E-state index contributed by atoms with van der Waals surface area (Å²) in [4.78, 5) is 18.9. The van der Waals surface area contributed by atoms with Crippen LogP contribution in [-0.4, -0.2) is 45.2 Å². The van der Waals surface area contributed by atoms with Gasteiger partial charge in [-0.3, -0.25) is 9.69 Å². The Balaban J connectivity index is 1.51. The third-order valence-electron chi connectivity index (χ3n) is 4.44. The summed E-state index contributed by atoms with van der Waals surface area (Å²) in [5.41, 5.74) is 1.23. The van der Waals surface area contributed by atoms with E-state index in [4.69, 9.17) is 9.63 Å². The van der Waals surface area contributed by atoms with Gasteiger partial charge in [0.2, 0.25) is 5.91 Å². The quantitative estimate of drug-likeness (QED) is 0.786. The first-order valence-corrected chi connectivity index (χ1v) is 8.74. The van der Waals surface area contributed by atoms with Crippen LogP contribution in [0.25, 0.3) is 0 Å². The molecule has 1 amide bonds. The molecule has 1 atom stereocenters. The number of aliphatic hydroxyl groups excluding tert-OH is 1. The second-order valence-electron chi connectivity index (χ2n) is 6.27. The van der Waals surface area contributed by atoms with Crippen LogP contribution in [-0.2, 0) is 24.4 Å². The SMILES string of the molecule is O=C(NCCc1noc(CO)n1)C1CCCCN1Cc1ccccc1. The number of piperidine rings is 1. The predicted molar refractivity (Wildman–Crippen MR) is 91.4 cm³/mol. The van der Waals surface area contributed by atoms with Crippen molar-refractivity contribution in [2.24, 2.45) is 0 Å². The summed E-state index contributed by atoms with van der Waals surface area (Å²) in [5, 5.41) is 15.7. The van der Waals surface area contributed by atoms with E-state index < -0.39 is 0 Å². The van der Waals surface area contributed by atoms with Crippen molar-refractivity contribution < 1.29 is 14.4 Å². The summed E-state index contributed by atoms with van der Waals surface area (Å²) in [5.74, 6) is 0.748. The molecule has 0 saturated carbocycles. The average molecular weight is 344 g/mol. The Morgan fingerprint density at radius 2 is 2.16 bits per heavy atom. The molecule has 2 heterocycles. The third kappa shape index (κ3) is 4.87. The van der Waals surface area contributed by atoms with Crippen molar-refractivity contribution in [3.05, 3.63) is 47.6 Å². The monoisotopic (exact) mass is 344 g/mol. The summed E-state index contributed by atoms with van der Waals surface area (Å²) in [6, 6.07) is 10.2. The van der Waals surface area contributed by atoms with E-state index in [1.807, 2.05) is 18.2 Å². The number of carbonyl (C=O) groups excluding carboxylic acids is 1. The Labute approximate surface area is 147 Å². The number of hydrogen-bond donors (Lipinski definition) is 2. The highest BCUT2D eigenvalue weighted by molar-refractivity contribution is 5.81.